The Morgan fingerprint density at radius 3 is 2.72 bits per heavy atom. The van der Waals surface area contributed by atoms with Crippen molar-refractivity contribution in [3.05, 3.63) is 63.8 Å². The van der Waals surface area contributed by atoms with Crippen molar-refractivity contribution in [1.82, 2.24) is 4.57 Å². The van der Waals surface area contributed by atoms with Crippen LogP contribution in [-0.4, -0.2) is 15.7 Å². The predicted octanol–water partition coefficient (Wildman–Crippen LogP) is 4.34. The minimum Gasteiger partial charge on any atom is -0.325 e. The molecule has 6 heteroatoms. The van der Waals surface area contributed by atoms with Gasteiger partial charge in [0.1, 0.15) is 0 Å². The van der Waals surface area contributed by atoms with E-state index in [2.05, 4.69) is 17.4 Å². The first-order chi connectivity index (χ1) is 12.1. The maximum atomic E-state index is 12.4. The lowest BCUT2D eigenvalue weighted by molar-refractivity contribution is -0.115. The quantitative estimate of drug-likeness (QED) is 0.700. The molecule has 1 heterocycles. The molecule has 3 aromatic rings. The van der Waals surface area contributed by atoms with Gasteiger partial charge in [0.2, 0.25) is 5.91 Å². The second-order valence-corrected chi connectivity index (χ2v) is 8.05. The number of amides is 1. The Labute approximate surface area is 154 Å². The predicted molar refractivity (Wildman–Crippen MR) is 108 cm³/mol. The van der Waals surface area contributed by atoms with Gasteiger partial charge in [0.25, 0.3) is 0 Å². The summed E-state index contributed by atoms with van der Waals surface area (Å²) in [5.41, 5.74) is 2.86. The number of aryl methyl sites for hydroxylation is 1. The van der Waals surface area contributed by atoms with Crippen LogP contribution in [0.4, 0.5) is 5.69 Å². The average Bonchev–Trinajstić information content (AvgIpc) is 2.94. The highest BCUT2D eigenvalue weighted by molar-refractivity contribution is 7.99. The molecule has 130 valence electrons. The first-order valence-electron chi connectivity index (χ1n) is 8.18. The van der Waals surface area contributed by atoms with Crippen LogP contribution >= 0.6 is 23.1 Å². The molecule has 0 aliphatic heterocycles. The van der Waals surface area contributed by atoms with Crippen molar-refractivity contribution in [3.8, 4) is 0 Å². The van der Waals surface area contributed by atoms with E-state index in [1.807, 2.05) is 50.2 Å². The number of nitrogens with zero attached hydrogens (tertiary/aromatic N) is 1. The highest BCUT2D eigenvalue weighted by Crippen LogP contribution is 2.23. The number of benzene rings is 2. The molecular weight excluding hydrogens is 352 g/mol. The Morgan fingerprint density at radius 1 is 1.24 bits per heavy atom. The number of anilines is 1. The summed E-state index contributed by atoms with van der Waals surface area (Å²) in [6.07, 6.45) is 0. The van der Waals surface area contributed by atoms with Gasteiger partial charge in [-0.2, -0.15) is 0 Å². The number of thioether (sulfide) groups is 1. The average molecular weight is 373 g/mol. The topological polar surface area (TPSA) is 51.1 Å². The van der Waals surface area contributed by atoms with Gasteiger partial charge in [0, 0.05) is 18.0 Å². The second kappa shape index (κ2) is 7.89. The van der Waals surface area contributed by atoms with Crippen molar-refractivity contribution in [2.45, 2.75) is 31.4 Å². The summed E-state index contributed by atoms with van der Waals surface area (Å²) in [7, 11) is 0. The van der Waals surface area contributed by atoms with Crippen LogP contribution in [0.25, 0.3) is 10.2 Å². The fourth-order valence-corrected chi connectivity index (χ4v) is 4.40. The number of thiazole rings is 1. The normalized spacial score (nSPS) is 12.2. The third kappa shape index (κ3) is 4.14. The van der Waals surface area contributed by atoms with Crippen LogP contribution in [0.1, 0.15) is 19.4 Å². The number of fused-ring (bicyclic) bond motifs is 1. The summed E-state index contributed by atoms with van der Waals surface area (Å²) in [5, 5.41) is 2.79. The maximum Gasteiger partial charge on any atom is 0.308 e. The zero-order valence-corrected chi connectivity index (χ0v) is 15.8. The molecule has 0 bridgehead atoms. The van der Waals surface area contributed by atoms with Gasteiger partial charge in [-0.25, -0.2) is 0 Å². The van der Waals surface area contributed by atoms with Crippen LogP contribution in [-0.2, 0) is 17.1 Å². The smallest absolute Gasteiger partial charge is 0.308 e. The lowest BCUT2D eigenvalue weighted by Gasteiger charge is -2.12. The highest BCUT2D eigenvalue weighted by atomic mass is 32.2. The number of hydrogen-bond donors (Lipinski definition) is 1. The molecule has 1 atom stereocenters. The van der Waals surface area contributed by atoms with Crippen molar-refractivity contribution >= 4 is 44.9 Å². The van der Waals surface area contributed by atoms with E-state index in [4.69, 9.17) is 0 Å². The van der Waals surface area contributed by atoms with Crippen LogP contribution < -0.4 is 10.2 Å². The summed E-state index contributed by atoms with van der Waals surface area (Å²) < 4.78 is 2.64. The molecule has 0 saturated carbocycles. The molecular formula is C19H20N2O2S2. The van der Waals surface area contributed by atoms with E-state index in [1.54, 1.807) is 16.3 Å². The molecule has 0 saturated heterocycles. The third-order valence-corrected chi connectivity index (χ3v) is 6.12. The number of rotatable bonds is 6. The minimum absolute atomic E-state index is 0.0254. The molecule has 3 rings (SSSR count). The van der Waals surface area contributed by atoms with Gasteiger partial charge in [-0.1, -0.05) is 41.7 Å². The van der Waals surface area contributed by atoms with Gasteiger partial charge >= 0.3 is 4.87 Å². The number of carbonyl (C=O) groups is 1. The number of carbonyl (C=O) groups excluding carboxylic acids is 1. The van der Waals surface area contributed by atoms with Crippen LogP contribution in [0.15, 0.2) is 53.3 Å². The van der Waals surface area contributed by atoms with Crippen LogP contribution in [0.3, 0.4) is 0 Å². The first-order valence-corrected chi connectivity index (χ1v) is 10.0. The summed E-state index contributed by atoms with van der Waals surface area (Å²) in [6.45, 7) is 4.51. The van der Waals surface area contributed by atoms with Gasteiger partial charge in [0.05, 0.1) is 15.5 Å². The Kier molecular flexibility index (Phi) is 5.60. The Balaban J connectivity index is 1.65. The van der Waals surface area contributed by atoms with Gasteiger partial charge in [0.15, 0.2) is 0 Å². The molecule has 0 fully saturated rings. The lowest BCUT2D eigenvalue weighted by Crippen LogP contribution is -2.22. The molecule has 0 aliphatic carbocycles. The van der Waals surface area contributed by atoms with Crippen molar-refractivity contribution in [2.75, 3.05) is 5.32 Å². The monoisotopic (exact) mass is 372 g/mol. The van der Waals surface area contributed by atoms with Gasteiger partial charge in [-0.05, 0) is 37.6 Å². The Hall–Kier alpha value is -2.05. The Bertz CT molecular complexity index is 931. The first kappa shape index (κ1) is 17.8. The summed E-state index contributed by atoms with van der Waals surface area (Å²) in [5.74, 6) is 0.776. The van der Waals surface area contributed by atoms with E-state index in [1.165, 1.54) is 16.9 Å². The number of aromatic nitrogens is 1. The molecule has 0 radical (unpaired) electrons. The number of nitrogens with one attached hydrogen (secondary N) is 1. The zero-order valence-electron chi connectivity index (χ0n) is 14.2. The number of hydrogen-bond acceptors (Lipinski definition) is 4. The second-order valence-electron chi connectivity index (χ2n) is 5.72. The summed E-state index contributed by atoms with van der Waals surface area (Å²) >= 11 is 2.82. The van der Waals surface area contributed by atoms with E-state index in [-0.39, 0.29) is 16.0 Å². The largest absolute Gasteiger partial charge is 0.325 e. The van der Waals surface area contributed by atoms with Crippen LogP contribution in [0.2, 0.25) is 0 Å². The highest BCUT2D eigenvalue weighted by Gasteiger charge is 2.14. The summed E-state index contributed by atoms with van der Waals surface area (Å²) in [6, 6.07) is 15.7. The molecule has 2 aromatic carbocycles. The SMILES string of the molecule is CCn1c(=O)sc2cc(NC(=O)[C@H](C)SCc3ccccc3)ccc21. The van der Waals surface area contributed by atoms with E-state index < -0.39 is 0 Å². The molecule has 0 spiro atoms. The van der Waals surface area contributed by atoms with Crippen LogP contribution in [0, 0.1) is 0 Å². The van der Waals surface area contributed by atoms with Crippen molar-refractivity contribution in [2.24, 2.45) is 0 Å². The molecule has 1 amide bonds. The standard InChI is InChI=1S/C19H20N2O2S2/c1-3-21-16-10-9-15(11-17(16)25-19(21)23)20-18(22)13(2)24-12-14-7-5-4-6-8-14/h4-11,13H,3,12H2,1-2H3,(H,20,22)/t13-/m0/s1. The fourth-order valence-electron chi connectivity index (χ4n) is 2.56. The molecule has 0 aliphatic rings. The third-order valence-electron chi connectivity index (χ3n) is 3.96. The van der Waals surface area contributed by atoms with Crippen LogP contribution in [0.5, 0.6) is 0 Å². The van der Waals surface area contributed by atoms with Crippen molar-refractivity contribution in [1.29, 1.82) is 0 Å². The van der Waals surface area contributed by atoms with Crippen molar-refractivity contribution < 1.29 is 4.79 Å². The van der Waals surface area contributed by atoms with E-state index >= 15 is 0 Å². The molecule has 1 aromatic heterocycles. The fraction of sp³-hybridized carbons (Fsp3) is 0.263. The summed E-state index contributed by atoms with van der Waals surface area (Å²) in [4.78, 5) is 24.4. The van der Waals surface area contributed by atoms with E-state index in [0.29, 0.717) is 6.54 Å². The minimum atomic E-state index is -0.158. The van der Waals surface area contributed by atoms with Gasteiger partial charge < -0.3 is 5.32 Å². The zero-order chi connectivity index (χ0) is 17.8. The van der Waals surface area contributed by atoms with Crippen molar-refractivity contribution in [3.63, 3.8) is 0 Å². The van der Waals surface area contributed by atoms with Gasteiger partial charge in [-0.15, -0.1) is 11.8 Å². The molecule has 1 N–H and O–H groups in total. The maximum absolute atomic E-state index is 12.4. The molecule has 4 nitrogen and oxygen atoms in total. The molecule has 0 unspecified atom stereocenters. The molecule has 25 heavy (non-hydrogen) atoms. The van der Waals surface area contributed by atoms with E-state index in [9.17, 15) is 9.59 Å². The lowest BCUT2D eigenvalue weighted by atomic mass is 10.2. The Morgan fingerprint density at radius 2 is 2.00 bits per heavy atom. The van der Waals surface area contributed by atoms with E-state index in [0.717, 1.165) is 21.7 Å². The van der Waals surface area contributed by atoms with Gasteiger partial charge in [-0.3, -0.25) is 14.2 Å².